The number of rotatable bonds is 2. The van der Waals surface area contributed by atoms with Gasteiger partial charge >= 0.3 is 0 Å². The molecule has 3 heterocycles. The standard InChI is InChI=1S/C14H14N6/c1-9-6-10(2)18-14(17-9)20-8-12(15)13(19-20)11-4-3-5-16-7-11/h3-8H,15H2,1-2H3. The van der Waals surface area contributed by atoms with Crippen molar-refractivity contribution in [3.05, 3.63) is 48.2 Å². The highest BCUT2D eigenvalue weighted by atomic mass is 15.3. The Kier molecular flexibility index (Phi) is 2.90. The van der Waals surface area contributed by atoms with Crippen LogP contribution >= 0.6 is 0 Å². The third-order valence-electron chi connectivity index (χ3n) is 2.85. The molecule has 6 nitrogen and oxygen atoms in total. The van der Waals surface area contributed by atoms with Crippen LogP contribution < -0.4 is 5.73 Å². The minimum absolute atomic E-state index is 0.518. The molecule has 0 bridgehead atoms. The van der Waals surface area contributed by atoms with Crippen LogP contribution in [0.2, 0.25) is 0 Å². The molecular formula is C14H14N6. The number of pyridine rings is 1. The van der Waals surface area contributed by atoms with Crippen LogP contribution in [-0.2, 0) is 0 Å². The molecule has 3 rings (SSSR count). The van der Waals surface area contributed by atoms with Crippen molar-refractivity contribution < 1.29 is 0 Å². The van der Waals surface area contributed by atoms with E-state index in [1.165, 1.54) is 0 Å². The predicted molar refractivity (Wildman–Crippen MR) is 76.3 cm³/mol. The first kappa shape index (κ1) is 12.3. The third-order valence-corrected chi connectivity index (χ3v) is 2.85. The van der Waals surface area contributed by atoms with Gasteiger partial charge in [-0.05, 0) is 32.0 Å². The summed E-state index contributed by atoms with van der Waals surface area (Å²) in [5, 5.41) is 4.46. The van der Waals surface area contributed by atoms with Crippen LogP contribution in [0.25, 0.3) is 17.2 Å². The topological polar surface area (TPSA) is 82.5 Å². The number of hydrogen-bond donors (Lipinski definition) is 1. The lowest BCUT2D eigenvalue weighted by Crippen LogP contribution is -2.04. The zero-order valence-electron chi connectivity index (χ0n) is 11.3. The Balaban J connectivity index is 2.09. The molecular weight excluding hydrogens is 252 g/mol. The van der Waals surface area contributed by atoms with Crippen molar-refractivity contribution in [2.75, 3.05) is 5.73 Å². The van der Waals surface area contributed by atoms with Crippen molar-refractivity contribution in [2.45, 2.75) is 13.8 Å². The summed E-state index contributed by atoms with van der Waals surface area (Å²) in [6.45, 7) is 3.85. The molecule has 0 aliphatic carbocycles. The van der Waals surface area contributed by atoms with E-state index in [4.69, 9.17) is 5.73 Å². The summed E-state index contributed by atoms with van der Waals surface area (Å²) in [6, 6.07) is 5.68. The van der Waals surface area contributed by atoms with Crippen molar-refractivity contribution in [1.82, 2.24) is 24.7 Å². The second-order valence-electron chi connectivity index (χ2n) is 4.57. The summed E-state index contributed by atoms with van der Waals surface area (Å²) in [5.74, 6) is 0.518. The van der Waals surface area contributed by atoms with Crippen molar-refractivity contribution in [2.24, 2.45) is 0 Å². The van der Waals surface area contributed by atoms with E-state index < -0.39 is 0 Å². The molecule has 0 saturated heterocycles. The highest BCUT2D eigenvalue weighted by Gasteiger charge is 2.11. The Hall–Kier alpha value is -2.76. The molecule has 0 aliphatic heterocycles. The fourth-order valence-electron chi connectivity index (χ4n) is 2.03. The molecule has 0 spiro atoms. The maximum atomic E-state index is 6.02. The molecule has 0 saturated carbocycles. The van der Waals surface area contributed by atoms with Gasteiger partial charge in [-0.3, -0.25) is 4.98 Å². The van der Waals surface area contributed by atoms with Gasteiger partial charge in [0.15, 0.2) is 0 Å². The van der Waals surface area contributed by atoms with E-state index in [-0.39, 0.29) is 0 Å². The molecule has 0 unspecified atom stereocenters. The van der Waals surface area contributed by atoms with Crippen LogP contribution in [0, 0.1) is 13.8 Å². The second-order valence-corrected chi connectivity index (χ2v) is 4.57. The molecule has 2 N–H and O–H groups in total. The first-order valence-electron chi connectivity index (χ1n) is 6.21. The van der Waals surface area contributed by atoms with Crippen LogP contribution in [0.5, 0.6) is 0 Å². The third kappa shape index (κ3) is 2.23. The van der Waals surface area contributed by atoms with Gasteiger partial charge in [-0.2, -0.15) is 5.10 Å². The summed E-state index contributed by atoms with van der Waals surface area (Å²) in [4.78, 5) is 12.8. The molecule has 0 amide bonds. The van der Waals surface area contributed by atoms with Crippen LogP contribution in [0.4, 0.5) is 5.69 Å². The molecule has 0 atom stereocenters. The van der Waals surface area contributed by atoms with Gasteiger partial charge in [0.25, 0.3) is 5.95 Å². The highest BCUT2D eigenvalue weighted by molar-refractivity contribution is 5.71. The van der Waals surface area contributed by atoms with E-state index in [0.717, 1.165) is 17.0 Å². The van der Waals surface area contributed by atoms with Crippen molar-refractivity contribution in [3.63, 3.8) is 0 Å². The van der Waals surface area contributed by atoms with E-state index in [0.29, 0.717) is 17.3 Å². The van der Waals surface area contributed by atoms with Gasteiger partial charge in [0, 0.05) is 29.3 Å². The van der Waals surface area contributed by atoms with E-state index in [2.05, 4.69) is 20.1 Å². The first-order valence-corrected chi connectivity index (χ1v) is 6.21. The van der Waals surface area contributed by atoms with Gasteiger partial charge in [-0.25, -0.2) is 14.6 Å². The van der Waals surface area contributed by atoms with Gasteiger partial charge in [0.1, 0.15) is 5.69 Å². The highest BCUT2D eigenvalue weighted by Crippen LogP contribution is 2.23. The average Bonchev–Trinajstić information content (AvgIpc) is 2.81. The van der Waals surface area contributed by atoms with Gasteiger partial charge in [0.2, 0.25) is 0 Å². The molecule has 3 aromatic rings. The van der Waals surface area contributed by atoms with E-state index in [9.17, 15) is 0 Å². The number of nitrogens with two attached hydrogens (primary N) is 1. The number of aryl methyl sites for hydroxylation is 2. The molecule has 0 fully saturated rings. The summed E-state index contributed by atoms with van der Waals surface area (Å²) in [7, 11) is 0. The quantitative estimate of drug-likeness (QED) is 0.766. The minimum Gasteiger partial charge on any atom is -0.396 e. The minimum atomic E-state index is 0.518. The van der Waals surface area contributed by atoms with Crippen LogP contribution in [0.3, 0.4) is 0 Å². The number of hydrogen-bond acceptors (Lipinski definition) is 5. The lowest BCUT2D eigenvalue weighted by molar-refractivity contribution is 0.796. The van der Waals surface area contributed by atoms with Gasteiger partial charge in [0.05, 0.1) is 11.9 Å². The predicted octanol–water partition coefficient (Wildman–Crippen LogP) is 1.92. The lowest BCUT2D eigenvalue weighted by atomic mass is 10.2. The summed E-state index contributed by atoms with van der Waals surface area (Å²) < 4.78 is 1.59. The number of nitrogens with zero attached hydrogens (tertiary/aromatic N) is 5. The molecule has 6 heteroatoms. The number of anilines is 1. The second kappa shape index (κ2) is 4.73. The zero-order chi connectivity index (χ0) is 14.1. The molecule has 0 aliphatic rings. The molecule has 3 aromatic heterocycles. The fraction of sp³-hybridized carbons (Fsp3) is 0.143. The van der Waals surface area contributed by atoms with Crippen molar-refractivity contribution >= 4 is 5.69 Å². The SMILES string of the molecule is Cc1cc(C)nc(-n2cc(N)c(-c3cccnc3)n2)n1. The Bertz CT molecular complexity index is 727. The average molecular weight is 266 g/mol. The smallest absolute Gasteiger partial charge is 0.251 e. The van der Waals surface area contributed by atoms with E-state index in [1.54, 1.807) is 23.3 Å². The van der Waals surface area contributed by atoms with E-state index >= 15 is 0 Å². The lowest BCUT2D eigenvalue weighted by Gasteiger charge is -2.02. The van der Waals surface area contributed by atoms with Crippen molar-refractivity contribution in [3.8, 4) is 17.2 Å². The van der Waals surface area contributed by atoms with Gasteiger partial charge in [-0.1, -0.05) is 0 Å². The monoisotopic (exact) mass is 266 g/mol. The van der Waals surface area contributed by atoms with Gasteiger partial charge in [-0.15, -0.1) is 0 Å². The Morgan fingerprint density at radius 2 is 1.90 bits per heavy atom. The Morgan fingerprint density at radius 3 is 2.55 bits per heavy atom. The van der Waals surface area contributed by atoms with Crippen LogP contribution in [-0.4, -0.2) is 24.7 Å². The normalized spacial score (nSPS) is 10.7. The Morgan fingerprint density at radius 1 is 1.15 bits per heavy atom. The van der Waals surface area contributed by atoms with Gasteiger partial charge < -0.3 is 5.73 Å². The summed E-state index contributed by atoms with van der Waals surface area (Å²) in [6.07, 6.45) is 5.16. The number of aromatic nitrogens is 5. The molecule has 20 heavy (non-hydrogen) atoms. The first-order chi connectivity index (χ1) is 9.63. The fourth-order valence-corrected chi connectivity index (χ4v) is 2.03. The van der Waals surface area contributed by atoms with Crippen LogP contribution in [0.15, 0.2) is 36.8 Å². The summed E-state index contributed by atoms with van der Waals surface area (Å²) >= 11 is 0. The van der Waals surface area contributed by atoms with Crippen molar-refractivity contribution in [1.29, 1.82) is 0 Å². The number of nitrogen functional groups attached to an aromatic ring is 1. The van der Waals surface area contributed by atoms with E-state index in [1.807, 2.05) is 32.0 Å². The molecule has 100 valence electrons. The Labute approximate surface area is 116 Å². The molecule has 0 aromatic carbocycles. The largest absolute Gasteiger partial charge is 0.396 e. The zero-order valence-corrected chi connectivity index (χ0v) is 11.3. The van der Waals surface area contributed by atoms with Crippen LogP contribution in [0.1, 0.15) is 11.4 Å². The maximum absolute atomic E-state index is 6.02. The molecule has 0 radical (unpaired) electrons. The summed E-state index contributed by atoms with van der Waals surface area (Å²) in [5.41, 5.74) is 9.93. The maximum Gasteiger partial charge on any atom is 0.251 e.